The number of hydrogen-bond donors (Lipinski definition) is 2. The third-order valence-electron chi connectivity index (χ3n) is 7.21. The number of carbonyl (C=O) groups excluding carboxylic acids is 1. The zero-order valence-electron chi connectivity index (χ0n) is 21.9. The number of halogens is 1. The molecule has 0 aliphatic carbocycles. The number of carbonyl (C=O) groups is 2. The lowest BCUT2D eigenvalue weighted by molar-refractivity contribution is -0.123. The van der Waals surface area contributed by atoms with E-state index in [9.17, 15) is 9.18 Å². The molecule has 0 unspecified atom stereocenters. The molecule has 2 atom stereocenters. The Morgan fingerprint density at radius 3 is 2.39 bits per heavy atom. The van der Waals surface area contributed by atoms with Crippen molar-refractivity contribution in [2.24, 2.45) is 0 Å². The lowest BCUT2D eigenvalue weighted by Crippen LogP contribution is -2.43. The van der Waals surface area contributed by atoms with Crippen molar-refractivity contribution in [3.05, 3.63) is 77.7 Å². The maximum atomic E-state index is 13.4. The molecule has 0 radical (unpaired) electrons. The number of carboxylic acid groups (broad SMARTS) is 1. The van der Waals surface area contributed by atoms with Gasteiger partial charge in [0.25, 0.3) is 6.47 Å². The van der Waals surface area contributed by atoms with Crippen LogP contribution < -0.4 is 10.2 Å². The maximum Gasteiger partial charge on any atom is 0.290 e. The van der Waals surface area contributed by atoms with E-state index in [0.717, 1.165) is 35.3 Å². The average molecular weight is 519 g/mol. The normalized spacial score (nSPS) is 19.1. The van der Waals surface area contributed by atoms with E-state index in [-0.39, 0.29) is 30.3 Å². The van der Waals surface area contributed by atoms with Crippen molar-refractivity contribution in [2.45, 2.75) is 58.2 Å². The Labute approximate surface area is 223 Å². The summed E-state index contributed by atoms with van der Waals surface area (Å²) in [5, 5.41) is 10.4. The topological polar surface area (TPSA) is 85.8 Å². The van der Waals surface area contributed by atoms with Crippen LogP contribution in [0.15, 0.2) is 60.8 Å². The van der Waals surface area contributed by atoms with Gasteiger partial charge in [0.05, 0.1) is 12.2 Å². The third kappa shape index (κ3) is 6.55. The van der Waals surface area contributed by atoms with E-state index >= 15 is 0 Å². The van der Waals surface area contributed by atoms with Gasteiger partial charge in [0.2, 0.25) is 5.91 Å². The van der Waals surface area contributed by atoms with E-state index in [1.54, 1.807) is 13.0 Å². The number of fused-ring (bicyclic) bond motifs is 1. The number of likely N-dealkylation sites (tertiary alicyclic amines) is 1. The van der Waals surface area contributed by atoms with Gasteiger partial charge in [-0.2, -0.15) is 0 Å². The van der Waals surface area contributed by atoms with Gasteiger partial charge in [-0.05, 0) is 85.8 Å². The molecule has 2 N–H and O–H groups in total. The van der Waals surface area contributed by atoms with Crippen LogP contribution in [0.4, 0.5) is 15.9 Å². The van der Waals surface area contributed by atoms with Crippen LogP contribution in [0.5, 0.6) is 0 Å². The van der Waals surface area contributed by atoms with Crippen molar-refractivity contribution in [3.8, 4) is 11.1 Å². The summed E-state index contributed by atoms with van der Waals surface area (Å²) >= 11 is 0. The fraction of sp³-hybridized carbons (Fsp3) is 0.367. The minimum atomic E-state index is -0.360. The minimum absolute atomic E-state index is 0.0342. The predicted molar refractivity (Wildman–Crippen MR) is 147 cm³/mol. The molecule has 38 heavy (non-hydrogen) atoms. The molecule has 7 nitrogen and oxygen atoms in total. The number of nitrogens with one attached hydrogen (secondary N) is 1. The van der Waals surface area contributed by atoms with Gasteiger partial charge >= 0.3 is 0 Å². The van der Waals surface area contributed by atoms with E-state index in [0.29, 0.717) is 5.82 Å². The second-order valence-electron chi connectivity index (χ2n) is 9.95. The first-order valence-corrected chi connectivity index (χ1v) is 13.1. The van der Waals surface area contributed by atoms with Gasteiger partial charge < -0.3 is 15.3 Å². The van der Waals surface area contributed by atoms with Crippen molar-refractivity contribution in [2.75, 3.05) is 23.3 Å². The number of amides is 1. The van der Waals surface area contributed by atoms with Crippen LogP contribution in [0.3, 0.4) is 0 Å². The van der Waals surface area contributed by atoms with Crippen LogP contribution in [0.1, 0.15) is 56.7 Å². The van der Waals surface area contributed by atoms with Gasteiger partial charge in [-0.15, -0.1) is 0 Å². The van der Waals surface area contributed by atoms with E-state index in [1.807, 2.05) is 4.90 Å². The summed E-state index contributed by atoms with van der Waals surface area (Å²) in [5.74, 6) is 0.298. The number of anilines is 2. The third-order valence-corrected chi connectivity index (χ3v) is 7.21. The van der Waals surface area contributed by atoms with Gasteiger partial charge in [0.15, 0.2) is 0 Å². The Bertz CT molecular complexity index is 1230. The van der Waals surface area contributed by atoms with Gasteiger partial charge in [0.1, 0.15) is 11.6 Å². The van der Waals surface area contributed by atoms with Crippen molar-refractivity contribution >= 4 is 23.9 Å². The minimum Gasteiger partial charge on any atom is -0.483 e. The molecule has 8 heteroatoms. The lowest BCUT2D eigenvalue weighted by Gasteiger charge is -2.39. The second-order valence-corrected chi connectivity index (χ2v) is 9.95. The molecule has 0 spiro atoms. The van der Waals surface area contributed by atoms with Crippen LogP contribution in [0.2, 0.25) is 0 Å². The Balaban J connectivity index is 0.00000107. The molecule has 0 saturated carbocycles. The molecule has 1 amide bonds. The van der Waals surface area contributed by atoms with E-state index in [4.69, 9.17) is 9.90 Å². The van der Waals surface area contributed by atoms with Gasteiger partial charge in [-0.1, -0.05) is 36.8 Å². The molecule has 1 aromatic heterocycles. The number of aromatic nitrogens is 1. The molecule has 200 valence electrons. The Kier molecular flexibility index (Phi) is 9.07. The quantitative estimate of drug-likeness (QED) is 0.411. The summed E-state index contributed by atoms with van der Waals surface area (Å²) in [6, 6.07) is 18.2. The van der Waals surface area contributed by atoms with Crippen LogP contribution >= 0.6 is 0 Å². The Morgan fingerprint density at radius 2 is 1.76 bits per heavy atom. The summed E-state index contributed by atoms with van der Waals surface area (Å²) in [5.41, 5.74) is 5.58. The largest absolute Gasteiger partial charge is 0.483 e. The van der Waals surface area contributed by atoms with Crippen molar-refractivity contribution in [3.63, 3.8) is 0 Å². The second kappa shape index (κ2) is 12.6. The van der Waals surface area contributed by atoms with Crippen LogP contribution in [-0.4, -0.2) is 46.5 Å². The first-order chi connectivity index (χ1) is 18.4. The number of nitrogens with zero attached hydrogens (tertiary/aromatic N) is 3. The molecular weight excluding hydrogens is 483 g/mol. The average Bonchev–Trinajstić information content (AvgIpc) is 2.91. The molecule has 1 fully saturated rings. The molecule has 1 saturated heterocycles. The van der Waals surface area contributed by atoms with Crippen molar-refractivity contribution < 1.29 is 19.1 Å². The van der Waals surface area contributed by atoms with Crippen molar-refractivity contribution in [1.29, 1.82) is 0 Å². The monoisotopic (exact) mass is 518 g/mol. The number of pyridine rings is 1. The molecule has 2 aliphatic heterocycles. The summed E-state index contributed by atoms with van der Waals surface area (Å²) in [7, 11) is 0. The molecule has 2 aromatic carbocycles. The van der Waals surface area contributed by atoms with Crippen LogP contribution in [0, 0.1) is 5.82 Å². The SMILES string of the molecule is CC(=O)N1c2ccc(-c3ccc(CN4CCCCC4)cc3)cc2[C@H](Nc2ccc(F)cn2)C[C@@H]1C.O=CO. The van der Waals surface area contributed by atoms with E-state index in [2.05, 4.69) is 64.6 Å². The molecule has 5 rings (SSSR count). The summed E-state index contributed by atoms with van der Waals surface area (Å²) in [6.07, 6.45) is 5.90. The molecule has 3 heterocycles. The Hall–Kier alpha value is -3.78. The maximum absolute atomic E-state index is 13.4. The van der Waals surface area contributed by atoms with Crippen LogP contribution in [-0.2, 0) is 16.1 Å². The fourth-order valence-corrected chi connectivity index (χ4v) is 5.48. The summed E-state index contributed by atoms with van der Waals surface area (Å²) in [6.45, 7) is 6.81. The smallest absolute Gasteiger partial charge is 0.290 e. The highest BCUT2D eigenvalue weighted by molar-refractivity contribution is 5.94. The highest BCUT2D eigenvalue weighted by Gasteiger charge is 2.32. The van der Waals surface area contributed by atoms with Gasteiger partial charge in [0, 0.05) is 25.2 Å². The summed E-state index contributed by atoms with van der Waals surface area (Å²) in [4.78, 5) is 29.4. The van der Waals surface area contributed by atoms with Gasteiger partial charge in [-0.3, -0.25) is 14.5 Å². The zero-order valence-corrected chi connectivity index (χ0v) is 21.9. The summed E-state index contributed by atoms with van der Waals surface area (Å²) < 4.78 is 13.4. The van der Waals surface area contributed by atoms with E-state index < -0.39 is 0 Å². The zero-order chi connectivity index (χ0) is 27.1. The first-order valence-electron chi connectivity index (χ1n) is 13.1. The molecular formula is C30H35FN4O3. The number of benzene rings is 2. The standard InChI is InChI=1S/C29H33FN4O.CH2O2/c1-20-16-27(32-29-13-11-25(30)18-31-29)26-17-24(10-12-28(26)34(20)21(2)35)23-8-6-22(7-9-23)19-33-14-4-3-5-15-33;2-1-3/h6-13,17-18,20,27H,3-5,14-16,19H2,1-2H3,(H,31,32);1H,(H,2,3)/t20-,27+;/m0./s1. The van der Waals surface area contributed by atoms with Gasteiger partial charge in [-0.25, -0.2) is 9.37 Å². The predicted octanol–water partition coefficient (Wildman–Crippen LogP) is 5.87. The molecule has 0 bridgehead atoms. The Morgan fingerprint density at radius 1 is 1.08 bits per heavy atom. The fourth-order valence-electron chi connectivity index (χ4n) is 5.48. The number of hydrogen-bond acceptors (Lipinski definition) is 5. The molecule has 2 aliphatic rings. The highest BCUT2D eigenvalue weighted by atomic mass is 19.1. The van der Waals surface area contributed by atoms with Crippen molar-refractivity contribution in [1.82, 2.24) is 9.88 Å². The lowest BCUT2D eigenvalue weighted by atomic mass is 9.89. The first kappa shape index (κ1) is 27.3. The molecule has 3 aromatic rings. The number of piperidine rings is 1. The van der Waals surface area contributed by atoms with E-state index in [1.165, 1.54) is 50.2 Å². The van der Waals surface area contributed by atoms with Crippen LogP contribution in [0.25, 0.3) is 11.1 Å². The number of rotatable bonds is 5. The highest BCUT2D eigenvalue weighted by Crippen LogP contribution is 2.41.